The molecule has 0 spiro atoms. The third kappa shape index (κ3) is 5.59. The number of sulfonamides is 1. The first-order chi connectivity index (χ1) is 14.2. The lowest BCUT2D eigenvalue weighted by Crippen LogP contribution is -2.15. The third-order valence-electron chi connectivity index (χ3n) is 3.96. The predicted octanol–water partition coefficient (Wildman–Crippen LogP) is 4.35. The van der Waals surface area contributed by atoms with Crippen molar-refractivity contribution in [3.8, 4) is 0 Å². The summed E-state index contributed by atoms with van der Waals surface area (Å²) in [5.41, 5.74) is 1.70. The Hall–Kier alpha value is -3.36. The average Bonchev–Trinajstić information content (AvgIpc) is 2.69. The van der Waals surface area contributed by atoms with Crippen molar-refractivity contribution < 1.29 is 18.0 Å². The minimum absolute atomic E-state index is 0.0154. The van der Waals surface area contributed by atoms with E-state index in [1.165, 1.54) is 31.2 Å². The Labute approximate surface area is 179 Å². The molecule has 0 unspecified atom stereocenters. The lowest BCUT2D eigenvalue weighted by atomic mass is 10.2. The van der Waals surface area contributed by atoms with E-state index < -0.39 is 15.9 Å². The molecule has 30 heavy (non-hydrogen) atoms. The maximum absolute atomic E-state index is 12.5. The fraction of sp³-hybridized carbons (Fsp3) is 0.0476. The molecule has 0 aromatic heterocycles. The summed E-state index contributed by atoms with van der Waals surface area (Å²) in [5, 5.41) is 5.84. The van der Waals surface area contributed by atoms with E-state index in [0.29, 0.717) is 22.1 Å². The van der Waals surface area contributed by atoms with Crippen LogP contribution in [0, 0.1) is 0 Å². The van der Waals surface area contributed by atoms with Crippen molar-refractivity contribution in [3.63, 3.8) is 0 Å². The SMILES string of the molecule is CC(=O)Nc1cccc(NC(=O)c2ccc(S(=O)(=O)Nc3ccc(Cl)cc3)cc2)c1. The molecule has 9 heteroatoms. The van der Waals surface area contributed by atoms with Crippen LogP contribution < -0.4 is 15.4 Å². The van der Waals surface area contributed by atoms with Crippen molar-refractivity contribution in [3.05, 3.63) is 83.4 Å². The second kappa shape index (κ2) is 8.98. The Bertz CT molecular complexity index is 1180. The molecule has 3 N–H and O–H groups in total. The predicted molar refractivity (Wildman–Crippen MR) is 117 cm³/mol. The van der Waals surface area contributed by atoms with Crippen molar-refractivity contribution >= 4 is 50.5 Å². The molecule has 0 fully saturated rings. The van der Waals surface area contributed by atoms with Gasteiger partial charge in [-0.3, -0.25) is 14.3 Å². The largest absolute Gasteiger partial charge is 0.326 e. The van der Waals surface area contributed by atoms with Crippen molar-refractivity contribution in [1.29, 1.82) is 0 Å². The fourth-order valence-corrected chi connectivity index (χ4v) is 3.78. The summed E-state index contributed by atoms with van der Waals surface area (Å²) in [5.74, 6) is -0.632. The topological polar surface area (TPSA) is 104 Å². The lowest BCUT2D eigenvalue weighted by molar-refractivity contribution is -0.114. The Morgan fingerprint density at radius 2 is 1.40 bits per heavy atom. The quantitative estimate of drug-likeness (QED) is 0.526. The normalized spacial score (nSPS) is 10.9. The van der Waals surface area contributed by atoms with Gasteiger partial charge in [0, 0.05) is 34.6 Å². The molecule has 0 saturated carbocycles. The second-order valence-corrected chi connectivity index (χ2v) is 8.47. The Morgan fingerprint density at radius 3 is 2.00 bits per heavy atom. The van der Waals surface area contributed by atoms with Gasteiger partial charge >= 0.3 is 0 Å². The van der Waals surface area contributed by atoms with E-state index in [4.69, 9.17) is 11.6 Å². The van der Waals surface area contributed by atoms with E-state index in [-0.39, 0.29) is 16.4 Å². The summed E-state index contributed by atoms with van der Waals surface area (Å²) in [6, 6.07) is 18.5. The number of benzene rings is 3. The van der Waals surface area contributed by atoms with Gasteiger partial charge in [-0.25, -0.2) is 8.42 Å². The van der Waals surface area contributed by atoms with Crippen molar-refractivity contribution in [2.24, 2.45) is 0 Å². The monoisotopic (exact) mass is 443 g/mol. The number of hydrogen-bond donors (Lipinski definition) is 3. The third-order valence-corrected chi connectivity index (χ3v) is 5.61. The van der Waals surface area contributed by atoms with Gasteiger partial charge in [0.2, 0.25) is 5.91 Å². The number of anilines is 3. The van der Waals surface area contributed by atoms with Crippen LogP contribution in [-0.4, -0.2) is 20.2 Å². The van der Waals surface area contributed by atoms with Crippen LogP contribution >= 0.6 is 11.6 Å². The summed E-state index contributed by atoms with van der Waals surface area (Å²) in [6.45, 7) is 1.39. The summed E-state index contributed by atoms with van der Waals surface area (Å²) in [7, 11) is -3.81. The zero-order chi connectivity index (χ0) is 21.7. The second-order valence-electron chi connectivity index (χ2n) is 6.35. The molecule has 0 atom stereocenters. The number of rotatable bonds is 6. The van der Waals surface area contributed by atoms with Crippen LogP contribution in [0.2, 0.25) is 5.02 Å². The maximum atomic E-state index is 12.5. The first-order valence-electron chi connectivity index (χ1n) is 8.80. The van der Waals surface area contributed by atoms with E-state index in [9.17, 15) is 18.0 Å². The van der Waals surface area contributed by atoms with Gasteiger partial charge in [0.05, 0.1) is 4.90 Å². The molecule has 0 radical (unpaired) electrons. The van der Waals surface area contributed by atoms with Crippen LogP contribution in [0.1, 0.15) is 17.3 Å². The highest BCUT2D eigenvalue weighted by atomic mass is 35.5. The first-order valence-corrected chi connectivity index (χ1v) is 10.7. The highest BCUT2D eigenvalue weighted by Gasteiger charge is 2.15. The lowest BCUT2D eigenvalue weighted by Gasteiger charge is -2.10. The van der Waals surface area contributed by atoms with Crippen LogP contribution in [0.5, 0.6) is 0 Å². The van der Waals surface area contributed by atoms with Crippen LogP contribution in [-0.2, 0) is 14.8 Å². The van der Waals surface area contributed by atoms with E-state index in [0.717, 1.165) is 0 Å². The van der Waals surface area contributed by atoms with Crippen LogP contribution in [0.4, 0.5) is 17.1 Å². The number of amides is 2. The minimum Gasteiger partial charge on any atom is -0.326 e. The van der Waals surface area contributed by atoms with Gasteiger partial charge in [0.25, 0.3) is 15.9 Å². The minimum atomic E-state index is -3.81. The number of carbonyl (C=O) groups excluding carboxylic acids is 2. The van der Waals surface area contributed by atoms with Crippen LogP contribution in [0.3, 0.4) is 0 Å². The molecule has 0 aliphatic carbocycles. The number of halogens is 1. The molecule has 0 saturated heterocycles. The van der Waals surface area contributed by atoms with Crippen LogP contribution in [0.15, 0.2) is 77.7 Å². The molecular formula is C21H18ClN3O4S. The summed E-state index contributed by atoms with van der Waals surface area (Å²) >= 11 is 5.80. The molecule has 0 bridgehead atoms. The summed E-state index contributed by atoms with van der Waals surface area (Å²) in [6.07, 6.45) is 0. The highest BCUT2D eigenvalue weighted by Crippen LogP contribution is 2.20. The van der Waals surface area contributed by atoms with Gasteiger partial charge in [0.15, 0.2) is 0 Å². The summed E-state index contributed by atoms with van der Waals surface area (Å²) in [4.78, 5) is 23.6. The molecule has 3 aromatic rings. The van der Waals surface area contributed by atoms with Gasteiger partial charge < -0.3 is 10.6 Å². The van der Waals surface area contributed by atoms with E-state index in [1.54, 1.807) is 48.5 Å². The molecule has 3 rings (SSSR count). The molecule has 3 aromatic carbocycles. The summed E-state index contributed by atoms with van der Waals surface area (Å²) < 4.78 is 27.5. The van der Waals surface area contributed by atoms with Crippen LogP contribution in [0.25, 0.3) is 0 Å². The maximum Gasteiger partial charge on any atom is 0.261 e. The molecular weight excluding hydrogens is 426 g/mol. The molecule has 0 aliphatic rings. The first kappa shape index (κ1) is 21.4. The van der Waals surface area contributed by atoms with Gasteiger partial charge in [0.1, 0.15) is 0 Å². The molecule has 0 aliphatic heterocycles. The van der Waals surface area contributed by atoms with Gasteiger partial charge in [-0.2, -0.15) is 0 Å². The van der Waals surface area contributed by atoms with Gasteiger partial charge in [-0.05, 0) is 66.7 Å². The van der Waals surface area contributed by atoms with Crippen molar-refractivity contribution in [2.75, 3.05) is 15.4 Å². The van der Waals surface area contributed by atoms with Crippen molar-refractivity contribution in [2.45, 2.75) is 11.8 Å². The molecule has 0 heterocycles. The Kier molecular flexibility index (Phi) is 6.39. The van der Waals surface area contributed by atoms with E-state index >= 15 is 0 Å². The van der Waals surface area contributed by atoms with Gasteiger partial charge in [-0.1, -0.05) is 17.7 Å². The molecule has 2 amide bonds. The standard InChI is InChI=1S/C21H18ClN3O4S/c1-14(26)23-18-3-2-4-19(13-18)24-21(27)15-5-11-20(12-6-15)30(28,29)25-17-9-7-16(22)8-10-17/h2-13,25H,1H3,(H,23,26)(H,24,27). The fourth-order valence-electron chi connectivity index (χ4n) is 2.60. The van der Waals surface area contributed by atoms with E-state index in [1.807, 2.05) is 0 Å². The number of carbonyl (C=O) groups is 2. The smallest absolute Gasteiger partial charge is 0.261 e. The zero-order valence-corrected chi connectivity index (χ0v) is 17.4. The van der Waals surface area contributed by atoms with E-state index in [2.05, 4.69) is 15.4 Å². The average molecular weight is 444 g/mol. The van der Waals surface area contributed by atoms with Crippen molar-refractivity contribution in [1.82, 2.24) is 0 Å². The zero-order valence-electron chi connectivity index (χ0n) is 15.8. The Morgan fingerprint density at radius 1 is 0.800 bits per heavy atom. The molecule has 7 nitrogen and oxygen atoms in total. The molecule has 154 valence electrons. The Balaban J connectivity index is 1.71. The number of hydrogen-bond acceptors (Lipinski definition) is 4. The number of nitrogens with one attached hydrogen (secondary N) is 3. The highest BCUT2D eigenvalue weighted by molar-refractivity contribution is 7.92. The van der Waals surface area contributed by atoms with Gasteiger partial charge in [-0.15, -0.1) is 0 Å².